The molecular weight excluding hydrogens is 272 g/mol. The summed E-state index contributed by atoms with van der Waals surface area (Å²) in [4.78, 5) is -0.598. The fraction of sp³-hybridized carbons (Fsp3) is 0.538. The van der Waals surface area contributed by atoms with Gasteiger partial charge in [0.05, 0.1) is 0 Å². The van der Waals surface area contributed by atoms with Crippen LogP contribution in [0.5, 0.6) is 0 Å². The molecule has 0 saturated heterocycles. The molecule has 1 fully saturated rings. The number of nitrogens with two attached hydrogens (primary N) is 1. The monoisotopic (exact) mass is 289 g/mol. The van der Waals surface area contributed by atoms with Gasteiger partial charge in [-0.1, -0.05) is 18.9 Å². The third-order valence-electron chi connectivity index (χ3n) is 3.97. The number of halogens is 2. The molecule has 1 saturated carbocycles. The van der Waals surface area contributed by atoms with Crippen molar-refractivity contribution >= 4 is 9.84 Å². The van der Waals surface area contributed by atoms with Crippen LogP contribution in [0.1, 0.15) is 31.2 Å². The highest BCUT2D eigenvalue weighted by Gasteiger charge is 2.38. The molecule has 19 heavy (non-hydrogen) atoms. The van der Waals surface area contributed by atoms with Gasteiger partial charge in [-0.3, -0.25) is 0 Å². The lowest BCUT2D eigenvalue weighted by Gasteiger charge is -2.28. The Kier molecular flexibility index (Phi) is 3.66. The van der Waals surface area contributed by atoms with E-state index in [4.69, 9.17) is 5.73 Å². The Balaban J connectivity index is 2.59. The van der Waals surface area contributed by atoms with Gasteiger partial charge in [-0.25, -0.2) is 17.2 Å². The van der Waals surface area contributed by atoms with Gasteiger partial charge >= 0.3 is 0 Å². The van der Waals surface area contributed by atoms with Gasteiger partial charge in [0.25, 0.3) is 0 Å². The largest absolute Gasteiger partial charge is 0.330 e. The molecule has 0 atom stereocenters. The third-order valence-corrected chi connectivity index (χ3v) is 5.08. The van der Waals surface area contributed by atoms with E-state index in [-0.39, 0.29) is 12.1 Å². The molecule has 0 radical (unpaired) electrons. The Bertz CT molecular complexity index is 593. The van der Waals surface area contributed by atoms with Crippen molar-refractivity contribution in [2.45, 2.75) is 36.0 Å². The molecule has 1 aliphatic rings. The van der Waals surface area contributed by atoms with E-state index in [1.807, 2.05) is 0 Å². The van der Waals surface area contributed by atoms with Gasteiger partial charge in [-0.15, -0.1) is 0 Å². The van der Waals surface area contributed by atoms with Crippen LogP contribution in [0.25, 0.3) is 0 Å². The van der Waals surface area contributed by atoms with Gasteiger partial charge in [0.2, 0.25) is 0 Å². The fourth-order valence-electron chi connectivity index (χ4n) is 2.86. The number of benzene rings is 1. The standard InChI is InChI=1S/C13H17F2NO2S/c1-19(17,18)10-5-4-9(11(14)12(10)15)13(8-16)6-2-3-7-13/h4-5H,2-3,6-8,16H2,1H3. The van der Waals surface area contributed by atoms with Crippen molar-refractivity contribution in [3.8, 4) is 0 Å². The molecule has 3 nitrogen and oxygen atoms in total. The summed E-state index contributed by atoms with van der Waals surface area (Å²) in [5.41, 5.74) is 5.39. The summed E-state index contributed by atoms with van der Waals surface area (Å²) in [5.74, 6) is -2.37. The van der Waals surface area contributed by atoms with Crippen LogP contribution in [0.2, 0.25) is 0 Å². The van der Waals surface area contributed by atoms with Crippen molar-refractivity contribution in [1.29, 1.82) is 0 Å². The van der Waals surface area contributed by atoms with E-state index >= 15 is 0 Å². The van der Waals surface area contributed by atoms with Crippen LogP contribution in [0.4, 0.5) is 8.78 Å². The second-order valence-corrected chi connectivity index (χ2v) is 7.19. The Morgan fingerprint density at radius 2 is 1.79 bits per heavy atom. The van der Waals surface area contributed by atoms with Crippen molar-refractivity contribution in [2.24, 2.45) is 5.73 Å². The maximum atomic E-state index is 14.2. The Morgan fingerprint density at radius 1 is 1.21 bits per heavy atom. The summed E-state index contributed by atoms with van der Waals surface area (Å²) in [5, 5.41) is 0. The molecule has 0 heterocycles. The van der Waals surface area contributed by atoms with E-state index < -0.39 is 31.8 Å². The minimum absolute atomic E-state index is 0.206. The zero-order valence-corrected chi connectivity index (χ0v) is 11.6. The van der Waals surface area contributed by atoms with Gasteiger partial charge in [0.1, 0.15) is 4.90 Å². The van der Waals surface area contributed by atoms with Gasteiger partial charge in [-0.05, 0) is 24.5 Å². The summed E-state index contributed by atoms with van der Waals surface area (Å²) < 4.78 is 50.8. The Morgan fingerprint density at radius 3 is 2.26 bits per heavy atom. The molecule has 0 bridgehead atoms. The van der Waals surface area contributed by atoms with Crippen LogP contribution in [0.15, 0.2) is 17.0 Å². The van der Waals surface area contributed by atoms with Crippen molar-refractivity contribution < 1.29 is 17.2 Å². The average Bonchev–Trinajstić information content (AvgIpc) is 2.80. The highest BCUT2D eigenvalue weighted by Crippen LogP contribution is 2.42. The molecule has 106 valence electrons. The van der Waals surface area contributed by atoms with Gasteiger partial charge < -0.3 is 5.73 Å². The first-order valence-corrected chi connectivity index (χ1v) is 8.09. The number of hydrogen-bond donors (Lipinski definition) is 1. The second-order valence-electron chi connectivity index (χ2n) is 5.20. The highest BCUT2D eigenvalue weighted by atomic mass is 32.2. The number of sulfone groups is 1. The summed E-state index contributed by atoms with van der Waals surface area (Å²) in [6, 6.07) is 2.51. The maximum absolute atomic E-state index is 14.2. The normalized spacial score (nSPS) is 18.7. The van der Waals surface area contributed by atoms with Crippen LogP contribution < -0.4 is 5.73 Å². The molecule has 0 unspecified atom stereocenters. The Hall–Kier alpha value is -1.01. The lowest BCUT2D eigenvalue weighted by atomic mass is 9.78. The van der Waals surface area contributed by atoms with Crippen molar-refractivity contribution in [1.82, 2.24) is 0 Å². The average molecular weight is 289 g/mol. The Labute approximate surface area is 111 Å². The third kappa shape index (κ3) is 2.39. The van der Waals surface area contributed by atoms with Crippen molar-refractivity contribution in [2.75, 3.05) is 12.8 Å². The fourth-order valence-corrected chi connectivity index (χ4v) is 3.59. The molecule has 2 N–H and O–H groups in total. The van der Waals surface area contributed by atoms with E-state index in [1.165, 1.54) is 6.07 Å². The predicted octanol–water partition coefficient (Wildman–Crippen LogP) is 2.14. The molecule has 0 spiro atoms. The van der Waals surface area contributed by atoms with E-state index in [1.54, 1.807) is 0 Å². The molecule has 0 amide bonds. The van der Waals surface area contributed by atoms with Crippen LogP contribution >= 0.6 is 0 Å². The second kappa shape index (κ2) is 4.83. The zero-order valence-electron chi connectivity index (χ0n) is 10.7. The molecule has 0 aliphatic heterocycles. The first-order valence-electron chi connectivity index (χ1n) is 6.20. The first-order chi connectivity index (χ1) is 8.82. The topological polar surface area (TPSA) is 60.2 Å². The smallest absolute Gasteiger partial charge is 0.178 e. The SMILES string of the molecule is CS(=O)(=O)c1ccc(C2(CN)CCCC2)c(F)c1F. The van der Waals surface area contributed by atoms with E-state index in [2.05, 4.69) is 0 Å². The van der Waals surface area contributed by atoms with Gasteiger partial charge in [0, 0.05) is 18.2 Å². The molecule has 1 aromatic carbocycles. The molecule has 6 heteroatoms. The predicted molar refractivity (Wildman–Crippen MR) is 68.7 cm³/mol. The van der Waals surface area contributed by atoms with Gasteiger partial charge in [-0.2, -0.15) is 0 Å². The minimum Gasteiger partial charge on any atom is -0.330 e. The van der Waals surface area contributed by atoms with Gasteiger partial charge in [0.15, 0.2) is 21.5 Å². The molecule has 2 rings (SSSR count). The number of rotatable bonds is 3. The summed E-state index contributed by atoms with van der Waals surface area (Å²) in [6.07, 6.45) is 4.12. The van der Waals surface area contributed by atoms with E-state index in [0.29, 0.717) is 12.8 Å². The quantitative estimate of drug-likeness (QED) is 0.927. The maximum Gasteiger partial charge on any atom is 0.178 e. The van der Waals surface area contributed by atoms with Crippen LogP contribution in [0.3, 0.4) is 0 Å². The minimum atomic E-state index is -3.77. The molecule has 1 aliphatic carbocycles. The summed E-state index contributed by atoms with van der Waals surface area (Å²) >= 11 is 0. The van der Waals surface area contributed by atoms with Crippen molar-refractivity contribution in [3.63, 3.8) is 0 Å². The van der Waals surface area contributed by atoms with E-state index in [9.17, 15) is 17.2 Å². The summed E-state index contributed by atoms with van der Waals surface area (Å²) in [6.45, 7) is 0.238. The molecular formula is C13H17F2NO2S. The summed E-state index contributed by atoms with van der Waals surface area (Å²) in [7, 11) is -3.77. The number of hydrogen-bond acceptors (Lipinski definition) is 3. The molecule has 0 aromatic heterocycles. The van der Waals surface area contributed by atoms with Crippen molar-refractivity contribution in [3.05, 3.63) is 29.3 Å². The molecule has 1 aromatic rings. The van der Waals surface area contributed by atoms with E-state index in [0.717, 1.165) is 25.2 Å². The highest BCUT2D eigenvalue weighted by molar-refractivity contribution is 7.90. The van der Waals surface area contributed by atoms with Crippen LogP contribution in [-0.4, -0.2) is 21.2 Å². The van der Waals surface area contributed by atoms with Crippen LogP contribution in [0, 0.1) is 11.6 Å². The first kappa shape index (κ1) is 14.4. The van der Waals surface area contributed by atoms with Crippen LogP contribution in [-0.2, 0) is 15.3 Å². The lowest BCUT2D eigenvalue weighted by Crippen LogP contribution is -2.33. The zero-order chi connectivity index (χ0) is 14.3. The lowest BCUT2D eigenvalue weighted by molar-refractivity contribution is 0.402.